The predicted molar refractivity (Wildman–Crippen MR) is 134 cm³/mol. The summed E-state index contributed by atoms with van der Waals surface area (Å²) < 4.78 is 17.7. The highest BCUT2D eigenvalue weighted by atomic mass is 31.2. The molecule has 10 heteroatoms. The molecule has 0 bridgehead atoms. The lowest BCUT2D eigenvalue weighted by Crippen LogP contribution is -2.51. The molecule has 0 aliphatic heterocycles. The fraction of sp³-hybridized carbons (Fsp3) is 0.360. The zero-order valence-electron chi connectivity index (χ0n) is 19.8. The Labute approximate surface area is 204 Å². The van der Waals surface area contributed by atoms with E-state index in [1.807, 2.05) is 44.2 Å². The minimum atomic E-state index is -4.03. The van der Waals surface area contributed by atoms with Crippen LogP contribution in [0.25, 0.3) is 10.9 Å². The highest BCUT2D eigenvalue weighted by Gasteiger charge is 2.29. The lowest BCUT2D eigenvalue weighted by atomic mass is 10.0. The van der Waals surface area contributed by atoms with Gasteiger partial charge in [-0.3, -0.25) is 14.7 Å². The molecule has 3 aromatic rings. The van der Waals surface area contributed by atoms with Crippen LogP contribution in [0.15, 0.2) is 60.8 Å². The number of carboxylic acids is 1. The largest absolute Gasteiger partial charge is 0.480 e. The number of rotatable bonds is 13. The SMILES string of the molecule is CC(C)C[C@H](NCP(=O)(O)OCc1ccccc1)C(=O)N[C@@H](Cc1c[nH]c2ccccc12)C(=O)O. The number of aliphatic carboxylic acids is 1. The molecule has 188 valence electrons. The van der Waals surface area contributed by atoms with E-state index in [-0.39, 0.29) is 18.9 Å². The third-order valence-corrected chi connectivity index (χ3v) is 6.67. The van der Waals surface area contributed by atoms with Gasteiger partial charge in [0.05, 0.1) is 18.9 Å². The monoisotopic (exact) mass is 501 g/mol. The van der Waals surface area contributed by atoms with E-state index in [9.17, 15) is 24.2 Å². The molecule has 9 nitrogen and oxygen atoms in total. The number of H-pyrrole nitrogens is 1. The molecule has 0 fully saturated rings. The fourth-order valence-electron chi connectivity index (χ4n) is 3.77. The smallest absolute Gasteiger partial charge is 0.342 e. The van der Waals surface area contributed by atoms with Gasteiger partial charge in [0.15, 0.2) is 0 Å². The summed E-state index contributed by atoms with van der Waals surface area (Å²) in [5.74, 6) is -1.63. The van der Waals surface area contributed by atoms with Crippen LogP contribution >= 0.6 is 7.60 Å². The van der Waals surface area contributed by atoms with E-state index in [0.717, 1.165) is 22.0 Å². The first-order valence-corrected chi connectivity index (χ1v) is 13.2. The molecule has 0 radical (unpaired) electrons. The standard InChI is InChI=1S/C25H32N3O6P/c1-17(2)12-22(27-16-35(32,33)34-15-18-8-4-3-5-9-18)24(29)28-23(25(30)31)13-19-14-26-21-11-7-6-10-20(19)21/h3-11,14,17,22-23,26-27H,12-13,15-16H2,1-2H3,(H,28,29)(H,30,31)(H,32,33)/t22-,23-/m0/s1. The first-order chi connectivity index (χ1) is 16.6. The number of nitrogens with one attached hydrogen (secondary N) is 3. The second kappa shape index (κ2) is 12.1. The molecule has 0 saturated carbocycles. The fourth-order valence-corrected chi connectivity index (χ4v) is 4.66. The van der Waals surface area contributed by atoms with Gasteiger partial charge in [-0.2, -0.15) is 0 Å². The van der Waals surface area contributed by atoms with Crippen molar-refractivity contribution in [2.24, 2.45) is 5.92 Å². The summed E-state index contributed by atoms with van der Waals surface area (Å²) >= 11 is 0. The van der Waals surface area contributed by atoms with Gasteiger partial charge in [-0.1, -0.05) is 62.4 Å². The van der Waals surface area contributed by atoms with Crippen molar-refractivity contribution in [3.05, 3.63) is 71.9 Å². The van der Waals surface area contributed by atoms with Crippen molar-refractivity contribution in [2.75, 3.05) is 6.29 Å². The average molecular weight is 502 g/mol. The van der Waals surface area contributed by atoms with Crippen LogP contribution in [-0.2, 0) is 31.7 Å². The van der Waals surface area contributed by atoms with E-state index in [2.05, 4.69) is 15.6 Å². The number of carbonyl (C=O) groups excluding carboxylic acids is 1. The normalized spacial score (nSPS) is 15.0. The lowest BCUT2D eigenvalue weighted by molar-refractivity contribution is -0.142. The first-order valence-electron chi connectivity index (χ1n) is 11.5. The third kappa shape index (κ3) is 8.04. The van der Waals surface area contributed by atoms with E-state index in [0.29, 0.717) is 6.42 Å². The van der Waals surface area contributed by atoms with E-state index in [4.69, 9.17) is 4.52 Å². The van der Waals surface area contributed by atoms with E-state index in [1.54, 1.807) is 30.5 Å². The van der Waals surface area contributed by atoms with Gasteiger partial charge in [0.25, 0.3) is 0 Å². The molecule has 1 aromatic heterocycles. The second-order valence-electron chi connectivity index (χ2n) is 8.90. The summed E-state index contributed by atoms with van der Waals surface area (Å²) in [6, 6.07) is 14.5. The molecule has 1 heterocycles. The molecule has 1 unspecified atom stereocenters. The van der Waals surface area contributed by atoms with Crippen LogP contribution in [0.2, 0.25) is 0 Å². The summed E-state index contributed by atoms with van der Waals surface area (Å²) in [6.45, 7) is 3.78. The molecule has 1 amide bonds. The van der Waals surface area contributed by atoms with Crippen molar-refractivity contribution >= 4 is 30.4 Å². The minimum Gasteiger partial charge on any atom is -0.480 e. The number of aromatic nitrogens is 1. The van der Waals surface area contributed by atoms with Gasteiger partial charge >= 0.3 is 13.6 Å². The van der Waals surface area contributed by atoms with Crippen molar-refractivity contribution in [2.45, 2.75) is 45.4 Å². The molecule has 0 spiro atoms. The Bertz CT molecular complexity index is 1180. The number of hydrogen-bond acceptors (Lipinski definition) is 5. The molecule has 0 aliphatic rings. The van der Waals surface area contributed by atoms with Crippen molar-refractivity contribution in [3.63, 3.8) is 0 Å². The number of aromatic amines is 1. The predicted octanol–water partition coefficient (Wildman–Crippen LogP) is 3.64. The summed E-state index contributed by atoms with van der Waals surface area (Å²) in [5.41, 5.74) is 2.40. The second-order valence-corrected chi connectivity index (χ2v) is 10.8. The van der Waals surface area contributed by atoms with Gasteiger partial charge in [0.1, 0.15) is 6.04 Å². The van der Waals surface area contributed by atoms with Crippen molar-refractivity contribution < 1.29 is 28.7 Å². The van der Waals surface area contributed by atoms with Crippen LogP contribution in [0, 0.1) is 5.92 Å². The van der Waals surface area contributed by atoms with E-state index >= 15 is 0 Å². The number of fused-ring (bicyclic) bond motifs is 1. The molecule has 0 aliphatic carbocycles. The molecule has 3 rings (SSSR count). The number of para-hydroxylation sites is 1. The minimum absolute atomic E-state index is 0.0386. The number of carbonyl (C=O) groups is 2. The van der Waals surface area contributed by atoms with Crippen LogP contribution in [0.3, 0.4) is 0 Å². The summed E-state index contributed by atoms with van der Waals surface area (Å²) in [6.07, 6.45) is 1.75. The van der Waals surface area contributed by atoms with E-state index < -0.39 is 37.8 Å². The Kier molecular flexibility index (Phi) is 9.23. The Morgan fingerprint density at radius 3 is 2.43 bits per heavy atom. The molecule has 5 N–H and O–H groups in total. The van der Waals surface area contributed by atoms with Gasteiger partial charge in [-0.25, -0.2) is 4.79 Å². The summed E-state index contributed by atoms with van der Waals surface area (Å²) in [7, 11) is -4.03. The highest BCUT2D eigenvalue weighted by Crippen LogP contribution is 2.41. The van der Waals surface area contributed by atoms with Crippen LogP contribution in [0.5, 0.6) is 0 Å². The van der Waals surface area contributed by atoms with Gasteiger partial charge in [-0.15, -0.1) is 0 Å². The summed E-state index contributed by atoms with van der Waals surface area (Å²) in [5, 5.41) is 16.0. The van der Waals surface area contributed by atoms with Crippen molar-refractivity contribution in [1.29, 1.82) is 0 Å². The van der Waals surface area contributed by atoms with Crippen molar-refractivity contribution in [1.82, 2.24) is 15.6 Å². The molecule has 0 saturated heterocycles. The number of carboxylic acid groups (broad SMARTS) is 1. The zero-order valence-corrected chi connectivity index (χ0v) is 20.7. The summed E-state index contributed by atoms with van der Waals surface area (Å²) in [4.78, 5) is 38.3. The van der Waals surface area contributed by atoms with E-state index in [1.165, 1.54) is 0 Å². The maximum Gasteiger partial charge on any atom is 0.342 e. The average Bonchev–Trinajstić information content (AvgIpc) is 3.23. The lowest BCUT2D eigenvalue weighted by Gasteiger charge is -2.24. The van der Waals surface area contributed by atoms with Gasteiger partial charge < -0.3 is 24.8 Å². The quantitative estimate of drug-likeness (QED) is 0.225. The van der Waals surface area contributed by atoms with Crippen LogP contribution in [0.1, 0.15) is 31.4 Å². The molecule has 3 atom stereocenters. The maximum atomic E-state index is 13.0. The Hall–Kier alpha value is -2.97. The molecular weight excluding hydrogens is 469 g/mol. The van der Waals surface area contributed by atoms with Gasteiger partial charge in [0.2, 0.25) is 5.91 Å². The molecular formula is C25H32N3O6P. The first kappa shape index (κ1) is 26.6. The highest BCUT2D eigenvalue weighted by molar-refractivity contribution is 7.52. The maximum absolute atomic E-state index is 13.0. The van der Waals surface area contributed by atoms with Crippen molar-refractivity contribution in [3.8, 4) is 0 Å². The number of benzene rings is 2. The zero-order chi connectivity index (χ0) is 25.4. The number of hydrogen-bond donors (Lipinski definition) is 5. The van der Waals surface area contributed by atoms with Crippen LogP contribution < -0.4 is 10.6 Å². The van der Waals surface area contributed by atoms with Crippen LogP contribution in [-0.4, -0.2) is 45.2 Å². The topological polar surface area (TPSA) is 141 Å². The van der Waals surface area contributed by atoms with Gasteiger partial charge in [-0.05, 0) is 29.5 Å². The Balaban J connectivity index is 1.63. The number of amides is 1. The Morgan fingerprint density at radius 2 is 1.74 bits per heavy atom. The third-order valence-electron chi connectivity index (χ3n) is 5.55. The van der Waals surface area contributed by atoms with Crippen LogP contribution in [0.4, 0.5) is 0 Å². The molecule has 35 heavy (non-hydrogen) atoms. The Morgan fingerprint density at radius 1 is 1.06 bits per heavy atom. The van der Waals surface area contributed by atoms with Gasteiger partial charge in [0, 0.05) is 23.5 Å². The molecule has 2 aromatic carbocycles.